The highest BCUT2D eigenvalue weighted by atomic mass is 35.5. The summed E-state index contributed by atoms with van der Waals surface area (Å²) in [6.45, 7) is 0.328. The van der Waals surface area contributed by atoms with Crippen LogP contribution in [0.1, 0.15) is 24.0 Å². The second-order valence-electron chi connectivity index (χ2n) is 7.07. The number of hydrogen-bond donors (Lipinski definition) is 0. The van der Waals surface area contributed by atoms with Gasteiger partial charge < -0.3 is 4.90 Å². The Kier molecular flexibility index (Phi) is 4.81. The Morgan fingerprint density at radius 3 is 2.38 bits per heavy atom. The standard InChI is InChI=1S/C21H15Cl2N3O3/c22-15-9-16(23)11-17(10-15)26-19(28)21(6-1-7-25(21)20(26)29)18(27)8-13-2-4-14(12-24)5-3-13/h2-5,9-11H,1,6-8H2. The summed E-state index contributed by atoms with van der Waals surface area (Å²) >= 11 is 12.1. The van der Waals surface area contributed by atoms with Crippen molar-refractivity contribution in [3.63, 3.8) is 0 Å². The van der Waals surface area contributed by atoms with Gasteiger partial charge in [0.1, 0.15) is 0 Å². The molecule has 2 aliphatic rings. The zero-order valence-corrected chi connectivity index (χ0v) is 16.7. The van der Waals surface area contributed by atoms with Crippen LogP contribution in [0, 0.1) is 11.3 Å². The van der Waals surface area contributed by atoms with Crippen LogP contribution in [0.2, 0.25) is 10.0 Å². The molecule has 2 saturated heterocycles. The zero-order valence-electron chi connectivity index (χ0n) is 15.2. The van der Waals surface area contributed by atoms with Gasteiger partial charge in [-0.3, -0.25) is 9.59 Å². The number of ketones is 1. The van der Waals surface area contributed by atoms with Gasteiger partial charge in [-0.15, -0.1) is 0 Å². The third-order valence-electron chi connectivity index (χ3n) is 5.37. The quantitative estimate of drug-likeness (QED) is 0.545. The number of carbonyl (C=O) groups excluding carboxylic acids is 3. The predicted molar refractivity (Wildman–Crippen MR) is 108 cm³/mol. The molecule has 0 radical (unpaired) electrons. The molecule has 29 heavy (non-hydrogen) atoms. The molecule has 2 aliphatic heterocycles. The smallest absolute Gasteiger partial charge is 0.302 e. The van der Waals surface area contributed by atoms with Gasteiger partial charge in [0.05, 0.1) is 17.3 Å². The molecule has 0 spiro atoms. The Morgan fingerprint density at radius 2 is 1.76 bits per heavy atom. The van der Waals surface area contributed by atoms with E-state index < -0.39 is 17.5 Å². The average Bonchev–Trinajstić information content (AvgIpc) is 3.21. The summed E-state index contributed by atoms with van der Waals surface area (Å²) in [7, 11) is 0. The highest BCUT2D eigenvalue weighted by molar-refractivity contribution is 6.36. The Bertz CT molecular complexity index is 1060. The van der Waals surface area contributed by atoms with E-state index in [1.807, 2.05) is 6.07 Å². The number of anilines is 1. The van der Waals surface area contributed by atoms with Crippen LogP contribution >= 0.6 is 23.2 Å². The Morgan fingerprint density at radius 1 is 1.10 bits per heavy atom. The molecule has 2 fully saturated rings. The molecule has 3 amide bonds. The number of carbonyl (C=O) groups is 3. The number of benzene rings is 2. The first-order valence-corrected chi connectivity index (χ1v) is 9.77. The van der Waals surface area contributed by atoms with E-state index in [-0.39, 0.29) is 34.4 Å². The van der Waals surface area contributed by atoms with Crippen LogP contribution in [0.25, 0.3) is 0 Å². The Hall–Kier alpha value is -2.88. The number of nitriles is 1. The molecule has 0 saturated carbocycles. The molecule has 4 rings (SSSR count). The van der Waals surface area contributed by atoms with Crippen LogP contribution in [-0.2, 0) is 16.0 Å². The van der Waals surface area contributed by atoms with Crippen LogP contribution in [0.4, 0.5) is 10.5 Å². The van der Waals surface area contributed by atoms with E-state index in [1.165, 1.54) is 23.1 Å². The largest absolute Gasteiger partial charge is 0.332 e. The number of urea groups is 1. The normalized spacial score (nSPS) is 20.7. The second-order valence-corrected chi connectivity index (χ2v) is 7.95. The summed E-state index contributed by atoms with van der Waals surface area (Å²) in [5, 5.41) is 9.50. The SMILES string of the molecule is N#Cc1ccc(CC(=O)C23CCCN2C(=O)N(c2cc(Cl)cc(Cl)c2)C3=O)cc1. The van der Waals surface area contributed by atoms with Gasteiger partial charge in [-0.05, 0) is 48.7 Å². The Balaban J connectivity index is 1.69. The van der Waals surface area contributed by atoms with Crippen molar-refractivity contribution in [2.45, 2.75) is 24.8 Å². The predicted octanol–water partition coefficient (Wildman–Crippen LogP) is 3.98. The fourth-order valence-electron chi connectivity index (χ4n) is 4.03. The van der Waals surface area contributed by atoms with E-state index in [0.717, 1.165) is 4.90 Å². The van der Waals surface area contributed by atoms with Crippen LogP contribution in [0.15, 0.2) is 42.5 Å². The summed E-state index contributed by atoms with van der Waals surface area (Å²) in [6.07, 6.45) is 0.837. The van der Waals surface area contributed by atoms with E-state index in [1.54, 1.807) is 24.3 Å². The molecule has 0 bridgehead atoms. The van der Waals surface area contributed by atoms with Crippen molar-refractivity contribution in [3.05, 3.63) is 63.6 Å². The monoisotopic (exact) mass is 427 g/mol. The summed E-state index contributed by atoms with van der Waals surface area (Å²) < 4.78 is 0. The molecule has 2 aromatic carbocycles. The summed E-state index contributed by atoms with van der Waals surface area (Å²) in [5.74, 6) is -0.911. The van der Waals surface area contributed by atoms with Gasteiger partial charge in [-0.1, -0.05) is 35.3 Å². The summed E-state index contributed by atoms with van der Waals surface area (Å²) in [5.41, 5.74) is -0.102. The molecule has 146 valence electrons. The van der Waals surface area contributed by atoms with Crippen LogP contribution in [-0.4, -0.2) is 34.7 Å². The maximum absolute atomic E-state index is 13.4. The minimum absolute atomic E-state index is 0.00856. The topological polar surface area (TPSA) is 81.5 Å². The van der Waals surface area contributed by atoms with Gasteiger partial charge in [0, 0.05) is 23.0 Å². The van der Waals surface area contributed by atoms with Gasteiger partial charge >= 0.3 is 6.03 Å². The summed E-state index contributed by atoms with van der Waals surface area (Å²) in [6, 6.07) is 12.5. The lowest BCUT2D eigenvalue weighted by atomic mass is 9.87. The number of amides is 3. The maximum Gasteiger partial charge on any atom is 0.332 e. The molecule has 0 aromatic heterocycles. The van der Waals surface area contributed by atoms with Crippen molar-refractivity contribution in [2.24, 2.45) is 0 Å². The molecule has 1 unspecified atom stereocenters. The van der Waals surface area contributed by atoms with Gasteiger partial charge in [0.2, 0.25) is 0 Å². The van der Waals surface area contributed by atoms with Crippen molar-refractivity contribution in [1.29, 1.82) is 5.26 Å². The third-order valence-corrected chi connectivity index (χ3v) is 5.81. The number of halogens is 2. The molecule has 1 atom stereocenters. The highest BCUT2D eigenvalue weighted by Crippen LogP contribution is 2.42. The van der Waals surface area contributed by atoms with E-state index in [4.69, 9.17) is 28.5 Å². The van der Waals surface area contributed by atoms with Crippen molar-refractivity contribution < 1.29 is 14.4 Å². The number of hydrogen-bond acceptors (Lipinski definition) is 4. The third kappa shape index (κ3) is 3.07. The maximum atomic E-state index is 13.4. The van der Waals surface area contributed by atoms with Crippen molar-refractivity contribution in [2.75, 3.05) is 11.4 Å². The molecule has 8 heteroatoms. The molecular weight excluding hydrogens is 413 g/mol. The van der Waals surface area contributed by atoms with Gasteiger partial charge in [-0.25, -0.2) is 9.69 Å². The van der Waals surface area contributed by atoms with E-state index in [2.05, 4.69) is 0 Å². The number of rotatable bonds is 4. The molecule has 0 N–H and O–H groups in total. The van der Waals surface area contributed by atoms with Gasteiger partial charge in [0.15, 0.2) is 11.3 Å². The van der Waals surface area contributed by atoms with E-state index >= 15 is 0 Å². The minimum Gasteiger partial charge on any atom is -0.302 e. The van der Waals surface area contributed by atoms with Crippen molar-refractivity contribution in [3.8, 4) is 6.07 Å². The fourth-order valence-corrected chi connectivity index (χ4v) is 4.54. The van der Waals surface area contributed by atoms with Crippen LogP contribution < -0.4 is 4.90 Å². The van der Waals surface area contributed by atoms with Crippen LogP contribution in [0.5, 0.6) is 0 Å². The van der Waals surface area contributed by atoms with Gasteiger partial charge in [-0.2, -0.15) is 5.26 Å². The molecule has 0 aliphatic carbocycles. The number of fused-ring (bicyclic) bond motifs is 1. The molecule has 2 aromatic rings. The Labute approximate surface area is 177 Å². The summed E-state index contributed by atoms with van der Waals surface area (Å²) in [4.78, 5) is 42.0. The van der Waals surface area contributed by atoms with Gasteiger partial charge in [0.25, 0.3) is 5.91 Å². The van der Waals surface area contributed by atoms with Crippen LogP contribution in [0.3, 0.4) is 0 Å². The number of Topliss-reactive ketones (excluding diaryl/α,β-unsaturated/α-hetero) is 1. The lowest BCUT2D eigenvalue weighted by molar-refractivity contribution is -0.136. The first-order valence-electron chi connectivity index (χ1n) is 9.01. The van der Waals surface area contributed by atoms with Crippen molar-refractivity contribution in [1.82, 2.24) is 4.90 Å². The second kappa shape index (κ2) is 7.18. The lowest BCUT2D eigenvalue weighted by Crippen LogP contribution is -2.52. The fraction of sp³-hybridized carbons (Fsp3) is 0.238. The highest BCUT2D eigenvalue weighted by Gasteiger charge is 2.63. The first kappa shape index (κ1) is 19.4. The average molecular weight is 428 g/mol. The molecule has 6 nitrogen and oxygen atoms in total. The minimum atomic E-state index is -1.51. The number of imide groups is 1. The zero-order chi connectivity index (χ0) is 20.8. The first-order chi connectivity index (χ1) is 13.9. The lowest BCUT2D eigenvalue weighted by Gasteiger charge is -2.26. The van der Waals surface area contributed by atoms with E-state index in [0.29, 0.717) is 24.1 Å². The molecule has 2 heterocycles. The van der Waals surface area contributed by atoms with E-state index in [9.17, 15) is 14.4 Å². The number of nitrogens with zero attached hydrogens (tertiary/aromatic N) is 3. The molecular formula is C21H15Cl2N3O3. The van der Waals surface area contributed by atoms with Crippen molar-refractivity contribution >= 4 is 46.6 Å².